The van der Waals surface area contributed by atoms with Crippen LogP contribution in [0.15, 0.2) is 36.8 Å². The molecule has 0 aliphatic carbocycles. The van der Waals surface area contributed by atoms with Crippen molar-refractivity contribution in [3.8, 4) is 5.75 Å². The van der Waals surface area contributed by atoms with Gasteiger partial charge >= 0.3 is 18.2 Å². The van der Waals surface area contributed by atoms with Gasteiger partial charge in [0.05, 0.1) is 17.0 Å². The van der Waals surface area contributed by atoms with E-state index in [4.69, 9.17) is 18.9 Å². The quantitative estimate of drug-likeness (QED) is 0.0781. The van der Waals surface area contributed by atoms with Crippen molar-refractivity contribution in [2.24, 2.45) is 0 Å². The highest BCUT2D eigenvalue weighted by Crippen LogP contribution is 2.21. The molecule has 2 aromatic rings. The Labute approximate surface area is 209 Å². The SMILES string of the molecule is CC(C)(C)OC(=O)n1cnc(CC(=O)OCCSSCCOC(=O)Oc2ccc([N+](=O)[O-])cc2)c1. The minimum atomic E-state index is -0.910. The fraction of sp³-hybridized carbons (Fsp3) is 0.429. The van der Waals surface area contributed by atoms with Crippen molar-refractivity contribution < 1.29 is 38.3 Å². The van der Waals surface area contributed by atoms with Gasteiger partial charge in [0, 0.05) is 29.8 Å². The predicted octanol–water partition coefficient (Wildman–Crippen LogP) is 4.26. The second kappa shape index (κ2) is 13.6. The number of non-ortho nitro benzene ring substituents is 1. The summed E-state index contributed by atoms with van der Waals surface area (Å²) >= 11 is 0. The van der Waals surface area contributed by atoms with E-state index < -0.39 is 28.7 Å². The Morgan fingerprint density at radius 2 is 1.69 bits per heavy atom. The molecule has 2 rings (SSSR count). The van der Waals surface area contributed by atoms with Gasteiger partial charge in [0.25, 0.3) is 5.69 Å². The zero-order chi connectivity index (χ0) is 25.8. The van der Waals surface area contributed by atoms with Crippen molar-refractivity contribution in [3.05, 3.63) is 52.6 Å². The molecule has 190 valence electrons. The van der Waals surface area contributed by atoms with Gasteiger partial charge in [-0.3, -0.25) is 14.9 Å². The third-order valence-electron chi connectivity index (χ3n) is 3.71. The number of esters is 1. The summed E-state index contributed by atoms with van der Waals surface area (Å²) in [5, 5.41) is 10.6. The second-order valence-corrected chi connectivity index (χ2v) is 10.4. The Hall–Kier alpha value is -3.26. The van der Waals surface area contributed by atoms with Gasteiger partial charge in [-0.25, -0.2) is 19.1 Å². The van der Waals surface area contributed by atoms with Crippen LogP contribution in [0.5, 0.6) is 5.75 Å². The molecule has 1 aromatic heterocycles. The number of hydrogen-bond donors (Lipinski definition) is 0. The van der Waals surface area contributed by atoms with E-state index in [1.165, 1.54) is 62.9 Å². The molecule has 0 aliphatic heterocycles. The predicted molar refractivity (Wildman–Crippen MR) is 129 cm³/mol. The number of imidazole rings is 1. The summed E-state index contributed by atoms with van der Waals surface area (Å²) < 4.78 is 21.4. The van der Waals surface area contributed by atoms with Crippen LogP contribution in [0.25, 0.3) is 0 Å². The third kappa shape index (κ3) is 11.1. The Morgan fingerprint density at radius 1 is 1.06 bits per heavy atom. The normalized spacial score (nSPS) is 10.9. The molecule has 0 radical (unpaired) electrons. The number of carbonyl (C=O) groups is 3. The number of hydrogen-bond acceptors (Lipinski definition) is 12. The summed E-state index contributed by atoms with van der Waals surface area (Å²) in [5.41, 5.74) is -0.361. The molecule has 1 heterocycles. The number of ether oxygens (including phenoxy) is 4. The third-order valence-corrected chi connectivity index (χ3v) is 6.05. The zero-order valence-corrected chi connectivity index (χ0v) is 21.0. The van der Waals surface area contributed by atoms with Crippen LogP contribution < -0.4 is 4.74 Å². The van der Waals surface area contributed by atoms with Gasteiger partial charge in [0.1, 0.15) is 30.9 Å². The van der Waals surface area contributed by atoms with Gasteiger partial charge in [-0.2, -0.15) is 0 Å². The molecule has 14 heteroatoms. The average Bonchev–Trinajstić information content (AvgIpc) is 3.23. The summed E-state index contributed by atoms with van der Waals surface area (Å²) in [7, 11) is 2.86. The van der Waals surface area contributed by atoms with Gasteiger partial charge in [0.15, 0.2) is 0 Å². The van der Waals surface area contributed by atoms with Crippen molar-refractivity contribution in [2.45, 2.75) is 32.8 Å². The van der Waals surface area contributed by atoms with Crippen LogP contribution in [-0.4, -0.2) is 63.0 Å². The van der Waals surface area contributed by atoms with E-state index in [0.717, 1.165) is 0 Å². The molecule has 0 bridgehead atoms. The van der Waals surface area contributed by atoms with E-state index in [-0.39, 0.29) is 31.1 Å². The summed E-state index contributed by atoms with van der Waals surface area (Å²) in [6.07, 6.45) is 1.15. The molecule has 0 saturated heterocycles. The molecule has 0 unspecified atom stereocenters. The number of carbonyl (C=O) groups excluding carboxylic acids is 3. The molecule has 0 fully saturated rings. The van der Waals surface area contributed by atoms with Gasteiger partial charge in [-0.05, 0) is 32.9 Å². The number of nitrogens with zero attached hydrogens (tertiary/aromatic N) is 3. The molecule has 0 aliphatic rings. The zero-order valence-electron chi connectivity index (χ0n) is 19.3. The maximum atomic E-state index is 12.0. The standard InChI is InChI=1S/C21H25N3O9S2/c1-21(2,3)33-19(26)23-13-15(22-14-23)12-18(25)30-8-10-34-35-11-9-31-20(27)32-17-6-4-16(5-7-17)24(28)29/h4-7,13-14H,8-12H2,1-3H3. The van der Waals surface area contributed by atoms with E-state index in [2.05, 4.69) is 4.98 Å². The van der Waals surface area contributed by atoms with Crippen molar-refractivity contribution in [3.63, 3.8) is 0 Å². The summed E-state index contributed by atoms with van der Waals surface area (Å²) in [4.78, 5) is 49.5. The molecule has 1 aromatic carbocycles. The van der Waals surface area contributed by atoms with Crippen LogP contribution in [0.4, 0.5) is 15.3 Å². The number of rotatable bonds is 11. The van der Waals surface area contributed by atoms with Crippen LogP contribution >= 0.6 is 21.6 Å². The van der Waals surface area contributed by atoms with Gasteiger partial charge in [-0.1, -0.05) is 21.6 Å². The van der Waals surface area contributed by atoms with E-state index in [0.29, 0.717) is 17.2 Å². The Balaban J connectivity index is 1.52. The van der Waals surface area contributed by atoms with Crippen molar-refractivity contribution in [2.75, 3.05) is 24.7 Å². The van der Waals surface area contributed by atoms with Crippen LogP contribution in [0.2, 0.25) is 0 Å². The van der Waals surface area contributed by atoms with Crippen LogP contribution in [0.1, 0.15) is 26.5 Å². The van der Waals surface area contributed by atoms with Crippen molar-refractivity contribution in [1.82, 2.24) is 9.55 Å². The first-order valence-corrected chi connectivity index (χ1v) is 12.8. The highest BCUT2D eigenvalue weighted by Gasteiger charge is 2.18. The highest BCUT2D eigenvalue weighted by atomic mass is 33.1. The monoisotopic (exact) mass is 527 g/mol. The van der Waals surface area contributed by atoms with E-state index in [9.17, 15) is 24.5 Å². The number of aromatic nitrogens is 2. The summed E-state index contributed by atoms with van der Waals surface area (Å²) in [6.45, 7) is 5.54. The smallest absolute Gasteiger partial charge is 0.464 e. The fourth-order valence-corrected chi connectivity index (χ4v) is 3.95. The van der Waals surface area contributed by atoms with Gasteiger partial charge in [-0.15, -0.1) is 0 Å². The first-order valence-electron chi connectivity index (χ1n) is 10.3. The molecule has 0 N–H and O–H groups in total. The van der Waals surface area contributed by atoms with E-state index in [1.54, 1.807) is 20.8 Å². The summed E-state index contributed by atoms with van der Waals surface area (Å²) in [6, 6.07) is 5.05. The molecule has 0 atom stereocenters. The number of nitro benzene ring substituents is 1. The van der Waals surface area contributed by atoms with Crippen LogP contribution in [-0.2, 0) is 25.4 Å². The molecular weight excluding hydrogens is 502 g/mol. The molecular formula is C21H25N3O9S2. The molecule has 12 nitrogen and oxygen atoms in total. The molecule has 35 heavy (non-hydrogen) atoms. The first kappa shape index (κ1) is 28.0. The van der Waals surface area contributed by atoms with Gasteiger partial charge < -0.3 is 18.9 Å². The maximum Gasteiger partial charge on any atom is 0.513 e. The minimum absolute atomic E-state index is 0.0711. The Kier molecular flexibility index (Phi) is 10.9. The average molecular weight is 528 g/mol. The number of nitro groups is 1. The van der Waals surface area contributed by atoms with Crippen molar-refractivity contribution in [1.29, 1.82) is 0 Å². The second-order valence-electron chi connectivity index (χ2n) is 7.75. The lowest BCUT2D eigenvalue weighted by Gasteiger charge is -2.19. The van der Waals surface area contributed by atoms with E-state index >= 15 is 0 Å². The van der Waals surface area contributed by atoms with Gasteiger partial charge in [0.2, 0.25) is 0 Å². The molecule has 0 spiro atoms. The maximum absolute atomic E-state index is 12.0. The lowest BCUT2D eigenvalue weighted by molar-refractivity contribution is -0.384. The van der Waals surface area contributed by atoms with E-state index in [1.807, 2.05) is 0 Å². The first-order chi connectivity index (χ1) is 16.5. The summed E-state index contributed by atoms with van der Waals surface area (Å²) in [5.74, 6) is 0.676. The van der Waals surface area contributed by atoms with Crippen LogP contribution in [0, 0.1) is 10.1 Å². The number of benzene rings is 1. The lowest BCUT2D eigenvalue weighted by Crippen LogP contribution is -2.26. The molecule has 0 amide bonds. The largest absolute Gasteiger partial charge is 0.513 e. The van der Waals surface area contributed by atoms with Crippen molar-refractivity contribution >= 4 is 45.5 Å². The highest BCUT2D eigenvalue weighted by molar-refractivity contribution is 8.76. The lowest BCUT2D eigenvalue weighted by atomic mass is 10.2. The minimum Gasteiger partial charge on any atom is -0.464 e. The molecule has 0 saturated carbocycles. The fourth-order valence-electron chi connectivity index (χ4n) is 2.30. The Bertz CT molecular complexity index is 1020. The topological polar surface area (TPSA) is 149 Å². The Morgan fingerprint density at radius 3 is 2.29 bits per heavy atom. The van der Waals surface area contributed by atoms with Crippen LogP contribution in [0.3, 0.4) is 0 Å².